The van der Waals surface area contributed by atoms with Crippen molar-refractivity contribution in [3.63, 3.8) is 0 Å². The fourth-order valence-electron chi connectivity index (χ4n) is 1.74. The molecule has 0 unspecified atom stereocenters. The van der Waals surface area contributed by atoms with E-state index in [9.17, 15) is 0 Å². The van der Waals surface area contributed by atoms with Crippen LogP contribution in [0.3, 0.4) is 0 Å². The minimum Gasteiger partial charge on any atom is -0.339 e. The van der Waals surface area contributed by atoms with E-state index in [0.29, 0.717) is 18.3 Å². The van der Waals surface area contributed by atoms with Gasteiger partial charge in [0.1, 0.15) is 0 Å². The minimum atomic E-state index is 0.216. The zero-order chi connectivity index (χ0) is 13.0. The van der Waals surface area contributed by atoms with Crippen LogP contribution >= 0.6 is 11.3 Å². The Morgan fingerprint density at radius 2 is 2.22 bits per heavy atom. The minimum absolute atomic E-state index is 0.216. The van der Waals surface area contributed by atoms with Crippen molar-refractivity contribution >= 4 is 11.3 Å². The predicted molar refractivity (Wildman–Crippen MR) is 71.2 cm³/mol. The van der Waals surface area contributed by atoms with Crippen LogP contribution in [0.2, 0.25) is 0 Å². The molecule has 0 radical (unpaired) electrons. The average molecular weight is 266 g/mol. The zero-order valence-electron chi connectivity index (χ0n) is 10.7. The van der Waals surface area contributed by atoms with Gasteiger partial charge in [-0.3, -0.25) is 4.98 Å². The van der Waals surface area contributed by atoms with E-state index < -0.39 is 0 Å². The van der Waals surface area contributed by atoms with Crippen LogP contribution in [0.4, 0.5) is 0 Å². The Bertz CT molecular complexity index is 478. The molecule has 0 saturated carbocycles. The van der Waals surface area contributed by atoms with Gasteiger partial charge in [0, 0.05) is 12.6 Å². The van der Waals surface area contributed by atoms with Crippen LogP contribution in [-0.4, -0.2) is 21.7 Å². The van der Waals surface area contributed by atoms with Crippen molar-refractivity contribution in [1.29, 1.82) is 0 Å². The van der Waals surface area contributed by atoms with Crippen molar-refractivity contribution < 1.29 is 4.52 Å². The average Bonchev–Trinajstić information content (AvgIpc) is 2.97. The molecule has 0 atom stereocenters. The van der Waals surface area contributed by atoms with E-state index in [2.05, 4.69) is 29.0 Å². The van der Waals surface area contributed by atoms with E-state index in [4.69, 9.17) is 10.3 Å². The van der Waals surface area contributed by atoms with E-state index in [0.717, 1.165) is 24.1 Å². The molecule has 0 aliphatic carbocycles. The molecule has 0 fully saturated rings. The summed E-state index contributed by atoms with van der Waals surface area (Å²) in [5.41, 5.74) is 7.57. The smallest absolute Gasteiger partial charge is 0.227 e. The molecule has 2 heterocycles. The SMILES string of the molecule is CC(C)(CCN)CCc1nc(-c2cncs2)no1. The van der Waals surface area contributed by atoms with Gasteiger partial charge in [-0.1, -0.05) is 19.0 Å². The molecule has 0 spiro atoms. The first-order valence-corrected chi connectivity index (χ1v) is 6.90. The number of nitrogens with zero attached hydrogens (tertiary/aromatic N) is 3. The van der Waals surface area contributed by atoms with Crippen LogP contribution in [-0.2, 0) is 6.42 Å². The summed E-state index contributed by atoms with van der Waals surface area (Å²) in [6.07, 6.45) is 4.54. The molecular formula is C12H18N4OS. The maximum atomic E-state index is 5.59. The van der Waals surface area contributed by atoms with E-state index in [1.807, 2.05) is 0 Å². The molecule has 18 heavy (non-hydrogen) atoms. The van der Waals surface area contributed by atoms with Crippen LogP contribution in [0.25, 0.3) is 10.7 Å². The fourth-order valence-corrected chi connectivity index (χ4v) is 2.29. The normalized spacial score (nSPS) is 11.9. The van der Waals surface area contributed by atoms with Gasteiger partial charge in [-0.15, -0.1) is 11.3 Å². The van der Waals surface area contributed by atoms with Crippen molar-refractivity contribution in [3.8, 4) is 10.7 Å². The molecule has 2 rings (SSSR count). The molecule has 2 aromatic heterocycles. The third-order valence-electron chi connectivity index (χ3n) is 2.96. The second kappa shape index (κ2) is 5.58. The molecule has 0 saturated heterocycles. The molecule has 0 amide bonds. The van der Waals surface area contributed by atoms with Crippen LogP contribution in [0.1, 0.15) is 32.6 Å². The number of aromatic nitrogens is 3. The highest BCUT2D eigenvalue weighted by atomic mass is 32.1. The largest absolute Gasteiger partial charge is 0.339 e. The van der Waals surface area contributed by atoms with Crippen LogP contribution in [0.15, 0.2) is 16.2 Å². The zero-order valence-corrected chi connectivity index (χ0v) is 11.5. The van der Waals surface area contributed by atoms with E-state index in [-0.39, 0.29) is 5.41 Å². The molecule has 0 aliphatic heterocycles. The number of hydrogen-bond donors (Lipinski definition) is 1. The van der Waals surface area contributed by atoms with Gasteiger partial charge < -0.3 is 10.3 Å². The Hall–Kier alpha value is -1.27. The molecule has 2 aromatic rings. The molecule has 6 heteroatoms. The third-order valence-corrected chi connectivity index (χ3v) is 3.73. The fraction of sp³-hybridized carbons (Fsp3) is 0.583. The molecular weight excluding hydrogens is 248 g/mol. The number of aryl methyl sites for hydroxylation is 1. The summed E-state index contributed by atoms with van der Waals surface area (Å²) < 4.78 is 5.25. The first-order chi connectivity index (χ1) is 8.61. The van der Waals surface area contributed by atoms with Crippen LogP contribution in [0.5, 0.6) is 0 Å². The number of rotatable bonds is 6. The molecule has 98 valence electrons. The number of nitrogens with two attached hydrogens (primary N) is 1. The van der Waals surface area contributed by atoms with Crippen LogP contribution in [0, 0.1) is 5.41 Å². The molecule has 5 nitrogen and oxygen atoms in total. The van der Waals surface area contributed by atoms with Gasteiger partial charge in [0.15, 0.2) is 0 Å². The van der Waals surface area contributed by atoms with Gasteiger partial charge in [0.05, 0.1) is 10.4 Å². The Morgan fingerprint density at radius 3 is 2.89 bits per heavy atom. The quantitative estimate of drug-likeness (QED) is 0.869. The molecule has 2 N–H and O–H groups in total. The van der Waals surface area contributed by atoms with Gasteiger partial charge in [0.25, 0.3) is 0 Å². The molecule has 0 bridgehead atoms. The lowest BCUT2D eigenvalue weighted by Crippen LogP contribution is -2.17. The second-order valence-electron chi connectivity index (χ2n) is 5.08. The van der Waals surface area contributed by atoms with E-state index in [1.165, 1.54) is 11.3 Å². The lowest BCUT2D eigenvalue weighted by molar-refractivity contribution is 0.289. The monoisotopic (exact) mass is 266 g/mol. The van der Waals surface area contributed by atoms with E-state index >= 15 is 0 Å². The van der Waals surface area contributed by atoms with E-state index in [1.54, 1.807) is 11.7 Å². The van der Waals surface area contributed by atoms with Crippen LogP contribution < -0.4 is 5.73 Å². The number of hydrogen-bond acceptors (Lipinski definition) is 6. The maximum Gasteiger partial charge on any atom is 0.227 e. The first kappa shape index (κ1) is 13.2. The highest BCUT2D eigenvalue weighted by molar-refractivity contribution is 7.13. The van der Waals surface area contributed by atoms with Gasteiger partial charge in [-0.2, -0.15) is 4.98 Å². The summed E-state index contributed by atoms with van der Waals surface area (Å²) in [5.74, 6) is 1.31. The summed E-state index contributed by atoms with van der Waals surface area (Å²) in [5, 5.41) is 3.96. The Balaban J connectivity index is 1.95. The number of thiazole rings is 1. The highest BCUT2D eigenvalue weighted by Gasteiger charge is 2.19. The Kier molecular flexibility index (Phi) is 4.08. The lowest BCUT2D eigenvalue weighted by Gasteiger charge is -2.22. The summed E-state index contributed by atoms with van der Waals surface area (Å²) in [6.45, 7) is 5.13. The highest BCUT2D eigenvalue weighted by Crippen LogP contribution is 2.26. The summed E-state index contributed by atoms with van der Waals surface area (Å²) in [4.78, 5) is 9.31. The van der Waals surface area contributed by atoms with Gasteiger partial charge in [-0.05, 0) is 24.8 Å². The second-order valence-corrected chi connectivity index (χ2v) is 5.97. The van der Waals surface area contributed by atoms with Crippen molar-refractivity contribution in [1.82, 2.24) is 15.1 Å². The lowest BCUT2D eigenvalue weighted by atomic mass is 9.84. The molecule has 0 aromatic carbocycles. The topological polar surface area (TPSA) is 77.8 Å². The first-order valence-electron chi connectivity index (χ1n) is 6.02. The Morgan fingerprint density at radius 1 is 1.39 bits per heavy atom. The summed E-state index contributed by atoms with van der Waals surface area (Å²) in [6, 6.07) is 0. The molecule has 0 aliphatic rings. The summed E-state index contributed by atoms with van der Waals surface area (Å²) in [7, 11) is 0. The standard InChI is InChI=1S/C12H18N4OS/c1-12(2,5-6-13)4-3-10-15-11(16-17-10)9-7-14-8-18-9/h7-8H,3-6,13H2,1-2H3. The van der Waals surface area contributed by atoms with Crippen molar-refractivity contribution in [2.45, 2.75) is 33.1 Å². The van der Waals surface area contributed by atoms with Crippen molar-refractivity contribution in [2.24, 2.45) is 11.1 Å². The predicted octanol–water partition coefficient (Wildman–Crippen LogP) is 2.50. The summed E-state index contributed by atoms with van der Waals surface area (Å²) >= 11 is 1.51. The van der Waals surface area contributed by atoms with Gasteiger partial charge in [-0.25, -0.2) is 0 Å². The Labute approximate surface area is 110 Å². The van der Waals surface area contributed by atoms with Gasteiger partial charge >= 0.3 is 0 Å². The van der Waals surface area contributed by atoms with Crippen molar-refractivity contribution in [2.75, 3.05) is 6.54 Å². The van der Waals surface area contributed by atoms with Crippen molar-refractivity contribution in [3.05, 3.63) is 17.6 Å². The third kappa shape index (κ3) is 3.36. The van der Waals surface area contributed by atoms with Gasteiger partial charge in [0.2, 0.25) is 11.7 Å². The maximum absolute atomic E-state index is 5.59.